The highest BCUT2D eigenvalue weighted by atomic mass is 79.9. The van der Waals surface area contributed by atoms with Gasteiger partial charge in [0.2, 0.25) is 5.91 Å². The Morgan fingerprint density at radius 3 is 2.37 bits per heavy atom. The topological polar surface area (TPSA) is 58.6 Å². The van der Waals surface area contributed by atoms with E-state index in [-0.39, 0.29) is 31.0 Å². The number of benzene rings is 3. The standard InChI is InChI=1S/C28H30BrClN2O3/c1-19(2)31-28(34)26(16-21-8-5-4-6-9-21)32(17-22-10-7-11-23(30)15-22)27(33)18-35-24-12-13-25(29)20(3)14-24/h4-15,19,26H,16-18H2,1-3H3,(H,31,34). The summed E-state index contributed by atoms with van der Waals surface area (Å²) in [6.07, 6.45) is 0.378. The molecular weight excluding hydrogens is 528 g/mol. The van der Waals surface area contributed by atoms with Crippen molar-refractivity contribution in [2.45, 2.75) is 45.8 Å². The summed E-state index contributed by atoms with van der Waals surface area (Å²) in [5.41, 5.74) is 2.80. The fourth-order valence-corrected chi connectivity index (χ4v) is 4.16. The van der Waals surface area contributed by atoms with E-state index in [4.69, 9.17) is 16.3 Å². The van der Waals surface area contributed by atoms with E-state index in [0.29, 0.717) is 17.2 Å². The number of hydrogen-bond acceptors (Lipinski definition) is 3. The predicted molar refractivity (Wildman–Crippen MR) is 144 cm³/mol. The molecule has 0 heterocycles. The summed E-state index contributed by atoms with van der Waals surface area (Å²) >= 11 is 9.68. The van der Waals surface area contributed by atoms with Crippen LogP contribution in [0.15, 0.2) is 77.3 Å². The monoisotopic (exact) mass is 556 g/mol. The van der Waals surface area contributed by atoms with E-state index in [1.54, 1.807) is 23.1 Å². The summed E-state index contributed by atoms with van der Waals surface area (Å²) in [4.78, 5) is 28.5. The highest BCUT2D eigenvalue weighted by Crippen LogP contribution is 2.22. The largest absolute Gasteiger partial charge is 0.484 e. The molecule has 0 fully saturated rings. The van der Waals surface area contributed by atoms with E-state index in [1.165, 1.54) is 0 Å². The Bertz CT molecular complexity index is 1150. The lowest BCUT2D eigenvalue weighted by Gasteiger charge is -2.32. The van der Waals surface area contributed by atoms with Gasteiger partial charge in [-0.15, -0.1) is 0 Å². The van der Waals surface area contributed by atoms with Crippen molar-refractivity contribution < 1.29 is 14.3 Å². The minimum Gasteiger partial charge on any atom is -0.484 e. The quantitative estimate of drug-likeness (QED) is 0.335. The number of halogens is 2. The molecule has 1 N–H and O–H groups in total. The molecule has 1 atom stereocenters. The molecule has 0 spiro atoms. The van der Waals surface area contributed by atoms with Gasteiger partial charge in [0.15, 0.2) is 6.61 Å². The number of rotatable bonds is 10. The van der Waals surface area contributed by atoms with E-state index in [1.807, 2.05) is 75.4 Å². The van der Waals surface area contributed by atoms with Gasteiger partial charge in [0, 0.05) is 28.5 Å². The van der Waals surface area contributed by atoms with Crippen LogP contribution in [-0.2, 0) is 22.6 Å². The van der Waals surface area contributed by atoms with Crippen LogP contribution in [0, 0.1) is 6.92 Å². The Hall–Kier alpha value is -2.83. The van der Waals surface area contributed by atoms with Gasteiger partial charge in [-0.05, 0) is 67.8 Å². The Labute approximate surface area is 220 Å². The van der Waals surface area contributed by atoms with Crippen LogP contribution in [0.2, 0.25) is 5.02 Å². The van der Waals surface area contributed by atoms with Gasteiger partial charge >= 0.3 is 0 Å². The van der Waals surface area contributed by atoms with Crippen molar-refractivity contribution in [1.29, 1.82) is 0 Å². The third-order valence-electron chi connectivity index (χ3n) is 5.44. The van der Waals surface area contributed by atoms with Crippen LogP contribution in [0.25, 0.3) is 0 Å². The van der Waals surface area contributed by atoms with Gasteiger partial charge in [0.05, 0.1) is 0 Å². The third kappa shape index (κ3) is 8.11. The molecule has 35 heavy (non-hydrogen) atoms. The fourth-order valence-electron chi connectivity index (χ4n) is 3.70. The molecule has 5 nitrogen and oxygen atoms in total. The number of aryl methyl sites for hydroxylation is 1. The van der Waals surface area contributed by atoms with E-state index < -0.39 is 6.04 Å². The number of nitrogens with one attached hydrogen (secondary N) is 1. The maximum Gasteiger partial charge on any atom is 0.261 e. The fraction of sp³-hybridized carbons (Fsp3) is 0.286. The van der Waals surface area contributed by atoms with Crippen molar-refractivity contribution in [3.63, 3.8) is 0 Å². The summed E-state index contributed by atoms with van der Waals surface area (Å²) in [5.74, 6) is 0.0945. The van der Waals surface area contributed by atoms with Crippen LogP contribution in [-0.4, -0.2) is 35.4 Å². The van der Waals surface area contributed by atoms with Crippen molar-refractivity contribution in [2.75, 3.05) is 6.61 Å². The molecule has 3 rings (SSSR count). The van der Waals surface area contributed by atoms with Crippen molar-refractivity contribution in [3.8, 4) is 5.75 Å². The summed E-state index contributed by atoms with van der Waals surface area (Å²) in [6, 6.07) is 21.8. The first-order chi connectivity index (χ1) is 16.7. The maximum absolute atomic E-state index is 13.6. The third-order valence-corrected chi connectivity index (χ3v) is 6.56. The molecule has 3 aromatic carbocycles. The molecule has 0 saturated carbocycles. The summed E-state index contributed by atoms with van der Waals surface area (Å²) < 4.78 is 6.80. The average Bonchev–Trinajstić information content (AvgIpc) is 2.82. The Morgan fingerprint density at radius 1 is 1.00 bits per heavy atom. The molecule has 0 saturated heterocycles. The van der Waals surface area contributed by atoms with Crippen LogP contribution in [0.1, 0.15) is 30.5 Å². The van der Waals surface area contributed by atoms with Crippen molar-refractivity contribution in [3.05, 3.63) is 99.0 Å². The molecule has 2 amide bonds. The minimum atomic E-state index is -0.721. The molecule has 3 aromatic rings. The van der Waals surface area contributed by atoms with Gasteiger partial charge in [-0.3, -0.25) is 9.59 Å². The number of nitrogens with zero attached hydrogens (tertiary/aromatic N) is 1. The second-order valence-electron chi connectivity index (χ2n) is 8.72. The number of hydrogen-bond donors (Lipinski definition) is 1. The number of ether oxygens (including phenoxy) is 1. The lowest BCUT2D eigenvalue weighted by Crippen LogP contribution is -2.52. The Balaban J connectivity index is 1.91. The zero-order valence-corrected chi connectivity index (χ0v) is 22.5. The zero-order valence-electron chi connectivity index (χ0n) is 20.1. The molecule has 7 heteroatoms. The van der Waals surface area contributed by atoms with Crippen molar-refractivity contribution in [1.82, 2.24) is 10.2 Å². The maximum atomic E-state index is 13.6. The van der Waals surface area contributed by atoms with Crippen molar-refractivity contribution >= 4 is 39.3 Å². The van der Waals surface area contributed by atoms with Crippen LogP contribution in [0.3, 0.4) is 0 Å². The molecule has 0 aliphatic heterocycles. The number of carbonyl (C=O) groups excluding carboxylic acids is 2. The van der Waals surface area contributed by atoms with E-state index >= 15 is 0 Å². The van der Waals surface area contributed by atoms with Gasteiger partial charge in [0.1, 0.15) is 11.8 Å². The zero-order chi connectivity index (χ0) is 25.4. The normalized spacial score (nSPS) is 11.7. The van der Waals surface area contributed by atoms with Crippen LogP contribution >= 0.6 is 27.5 Å². The molecular formula is C28H30BrClN2O3. The van der Waals surface area contributed by atoms with E-state index in [0.717, 1.165) is 21.2 Å². The average molecular weight is 558 g/mol. The summed E-state index contributed by atoms with van der Waals surface area (Å²) in [6.45, 7) is 5.79. The first-order valence-corrected chi connectivity index (χ1v) is 12.7. The minimum absolute atomic E-state index is 0.0640. The van der Waals surface area contributed by atoms with E-state index in [2.05, 4.69) is 21.2 Å². The summed E-state index contributed by atoms with van der Waals surface area (Å²) in [5, 5.41) is 3.55. The van der Waals surface area contributed by atoms with Crippen LogP contribution in [0.4, 0.5) is 0 Å². The van der Waals surface area contributed by atoms with E-state index in [9.17, 15) is 9.59 Å². The molecule has 0 aliphatic rings. The molecule has 1 unspecified atom stereocenters. The lowest BCUT2D eigenvalue weighted by atomic mass is 10.0. The second-order valence-corrected chi connectivity index (χ2v) is 10.0. The molecule has 0 aromatic heterocycles. The van der Waals surface area contributed by atoms with Gasteiger partial charge < -0.3 is 15.0 Å². The second kappa shape index (κ2) is 12.8. The molecule has 0 bridgehead atoms. The Kier molecular flexibility index (Phi) is 9.75. The molecule has 0 radical (unpaired) electrons. The Morgan fingerprint density at radius 2 is 1.71 bits per heavy atom. The number of amides is 2. The smallest absolute Gasteiger partial charge is 0.261 e. The predicted octanol–water partition coefficient (Wildman–Crippen LogP) is 5.95. The first kappa shape index (κ1) is 26.8. The van der Waals surface area contributed by atoms with Crippen LogP contribution < -0.4 is 10.1 Å². The molecule has 0 aliphatic carbocycles. The van der Waals surface area contributed by atoms with Crippen molar-refractivity contribution in [2.24, 2.45) is 0 Å². The first-order valence-electron chi connectivity index (χ1n) is 11.5. The van der Waals surface area contributed by atoms with Gasteiger partial charge in [-0.1, -0.05) is 70.0 Å². The van der Waals surface area contributed by atoms with Gasteiger partial charge in [0.25, 0.3) is 5.91 Å². The SMILES string of the molecule is Cc1cc(OCC(=O)N(Cc2cccc(Cl)c2)C(Cc2ccccc2)C(=O)NC(C)C)ccc1Br. The van der Waals surface area contributed by atoms with Gasteiger partial charge in [-0.2, -0.15) is 0 Å². The summed E-state index contributed by atoms with van der Waals surface area (Å²) in [7, 11) is 0. The highest BCUT2D eigenvalue weighted by Gasteiger charge is 2.31. The van der Waals surface area contributed by atoms with Gasteiger partial charge in [-0.25, -0.2) is 0 Å². The molecule has 184 valence electrons. The lowest BCUT2D eigenvalue weighted by molar-refractivity contribution is -0.143. The van der Waals surface area contributed by atoms with Crippen LogP contribution in [0.5, 0.6) is 5.75 Å². The highest BCUT2D eigenvalue weighted by molar-refractivity contribution is 9.10. The number of carbonyl (C=O) groups is 2.